The second-order valence-corrected chi connectivity index (χ2v) is 6.00. The predicted molar refractivity (Wildman–Crippen MR) is 65.1 cm³/mol. The van der Waals surface area contributed by atoms with E-state index in [9.17, 15) is 0 Å². The fourth-order valence-electron chi connectivity index (χ4n) is 3.84. The van der Waals surface area contributed by atoms with Gasteiger partial charge in [0, 0.05) is 18.7 Å². The maximum atomic E-state index is 5.51. The zero-order valence-corrected chi connectivity index (χ0v) is 10.4. The van der Waals surface area contributed by atoms with Crippen molar-refractivity contribution in [2.24, 2.45) is 11.8 Å². The third-order valence-electron chi connectivity index (χ3n) is 4.80. The molecule has 1 aliphatic heterocycles. The number of nitrogens with one attached hydrogen (secondary N) is 1. The predicted octanol–water partition coefficient (Wildman–Crippen LogP) is 2.54. The molecular weight excluding hydrogens is 198 g/mol. The van der Waals surface area contributed by atoms with Gasteiger partial charge in [0.05, 0.1) is 6.61 Å². The smallest absolute Gasteiger partial charge is 0.0506 e. The minimum atomic E-state index is 0.694. The van der Waals surface area contributed by atoms with Gasteiger partial charge in [0.15, 0.2) is 0 Å². The third-order valence-corrected chi connectivity index (χ3v) is 4.80. The van der Waals surface area contributed by atoms with Crippen molar-refractivity contribution in [2.45, 2.75) is 57.5 Å². The fraction of sp³-hybridized carbons (Fsp3) is 0.929. The molecule has 0 aromatic heterocycles. The van der Waals surface area contributed by atoms with E-state index in [1.807, 2.05) is 5.92 Å². The monoisotopic (exact) mass is 222 g/mol. The number of fused-ring (bicyclic) bond motifs is 1. The Balaban J connectivity index is 1.51. The first kappa shape index (κ1) is 11.0. The summed E-state index contributed by atoms with van der Waals surface area (Å²) in [5.74, 6) is 3.55. The zero-order valence-electron chi connectivity index (χ0n) is 10.4. The summed E-state index contributed by atoms with van der Waals surface area (Å²) in [6, 6.07) is 1.49. The summed E-state index contributed by atoms with van der Waals surface area (Å²) >= 11 is 0. The Hall–Kier alpha value is -0.0800. The standard InChI is InChI=1S/C14H24NO/c1-10-9-16-6-5-14(10)15-13-7-11-3-2-4-12(11)8-13/h10-11,13-15H,2-9H2,1H3/t10-,11-,13+,14+/m1/s1. The van der Waals surface area contributed by atoms with Crippen LogP contribution < -0.4 is 5.32 Å². The molecule has 0 unspecified atom stereocenters. The van der Waals surface area contributed by atoms with Gasteiger partial charge in [-0.15, -0.1) is 0 Å². The van der Waals surface area contributed by atoms with Gasteiger partial charge in [-0.25, -0.2) is 0 Å². The lowest BCUT2D eigenvalue weighted by Crippen LogP contribution is -2.45. The van der Waals surface area contributed by atoms with E-state index in [4.69, 9.17) is 4.74 Å². The molecule has 0 aromatic carbocycles. The summed E-state index contributed by atoms with van der Waals surface area (Å²) < 4.78 is 5.51. The molecule has 3 aliphatic rings. The molecule has 16 heavy (non-hydrogen) atoms. The highest BCUT2D eigenvalue weighted by atomic mass is 16.5. The zero-order chi connectivity index (χ0) is 11.0. The van der Waals surface area contributed by atoms with Crippen molar-refractivity contribution in [1.29, 1.82) is 0 Å². The lowest BCUT2D eigenvalue weighted by atomic mass is 9.96. The van der Waals surface area contributed by atoms with Gasteiger partial charge in [0.1, 0.15) is 0 Å². The molecule has 2 saturated carbocycles. The Morgan fingerprint density at radius 2 is 2.25 bits per heavy atom. The van der Waals surface area contributed by atoms with E-state index in [1.165, 1.54) is 38.5 Å². The van der Waals surface area contributed by atoms with Crippen molar-refractivity contribution in [3.05, 3.63) is 5.92 Å². The number of hydrogen-bond acceptors (Lipinski definition) is 2. The van der Waals surface area contributed by atoms with Crippen LogP contribution in [0.2, 0.25) is 0 Å². The molecule has 4 atom stereocenters. The van der Waals surface area contributed by atoms with Crippen LogP contribution in [0, 0.1) is 17.8 Å². The maximum Gasteiger partial charge on any atom is 0.0506 e. The van der Waals surface area contributed by atoms with E-state index < -0.39 is 0 Å². The Kier molecular flexibility index (Phi) is 3.21. The maximum absolute atomic E-state index is 5.51. The van der Waals surface area contributed by atoms with Crippen molar-refractivity contribution in [3.8, 4) is 0 Å². The van der Waals surface area contributed by atoms with Crippen LogP contribution in [0.3, 0.4) is 0 Å². The second-order valence-electron chi connectivity index (χ2n) is 6.00. The highest BCUT2D eigenvalue weighted by molar-refractivity contribution is 5.11. The summed E-state index contributed by atoms with van der Waals surface area (Å²) in [4.78, 5) is 0. The van der Waals surface area contributed by atoms with Gasteiger partial charge in [0.2, 0.25) is 0 Å². The van der Waals surface area contributed by atoms with E-state index in [1.54, 1.807) is 0 Å². The molecule has 1 heterocycles. The molecule has 2 heteroatoms. The number of rotatable bonds is 2. The van der Waals surface area contributed by atoms with Crippen molar-refractivity contribution >= 4 is 0 Å². The molecule has 1 N–H and O–H groups in total. The topological polar surface area (TPSA) is 21.3 Å². The lowest BCUT2D eigenvalue weighted by Gasteiger charge is -2.32. The number of hydrogen-bond donors (Lipinski definition) is 1. The van der Waals surface area contributed by atoms with Crippen LogP contribution in [0.4, 0.5) is 0 Å². The molecule has 3 rings (SSSR count). The van der Waals surface area contributed by atoms with Gasteiger partial charge < -0.3 is 10.1 Å². The molecule has 0 amide bonds. The number of ether oxygens (including phenoxy) is 1. The van der Waals surface area contributed by atoms with Crippen LogP contribution in [-0.4, -0.2) is 25.3 Å². The van der Waals surface area contributed by atoms with Crippen LogP contribution in [0.25, 0.3) is 0 Å². The molecule has 2 nitrogen and oxygen atoms in total. The van der Waals surface area contributed by atoms with Crippen LogP contribution >= 0.6 is 0 Å². The van der Waals surface area contributed by atoms with Crippen LogP contribution in [0.15, 0.2) is 0 Å². The summed E-state index contributed by atoms with van der Waals surface area (Å²) in [5.41, 5.74) is 0. The van der Waals surface area contributed by atoms with Crippen LogP contribution in [-0.2, 0) is 4.74 Å². The van der Waals surface area contributed by atoms with Crippen LogP contribution in [0.5, 0.6) is 0 Å². The van der Waals surface area contributed by atoms with Gasteiger partial charge in [-0.2, -0.15) is 0 Å². The first-order valence-electron chi connectivity index (χ1n) is 7.01. The van der Waals surface area contributed by atoms with E-state index in [0.29, 0.717) is 12.0 Å². The Morgan fingerprint density at radius 3 is 3.06 bits per heavy atom. The average Bonchev–Trinajstić information content (AvgIpc) is 2.81. The fourth-order valence-corrected chi connectivity index (χ4v) is 3.84. The lowest BCUT2D eigenvalue weighted by molar-refractivity contribution is 0.0358. The van der Waals surface area contributed by atoms with Crippen molar-refractivity contribution in [3.63, 3.8) is 0 Å². The minimum absolute atomic E-state index is 0.694. The molecule has 0 aromatic rings. The molecule has 1 radical (unpaired) electrons. The van der Waals surface area contributed by atoms with Crippen molar-refractivity contribution in [2.75, 3.05) is 13.2 Å². The summed E-state index contributed by atoms with van der Waals surface area (Å²) in [6.07, 6.45) is 8.34. The van der Waals surface area contributed by atoms with Gasteiger partial charge in [-0.3, -0.25) is 0 Å². The minimum Gasteiger partial charge on any atom is -0.381 e. The average molecular weight is 222 g/mol. The molecule has 1 saturated heterocycles. The van der Waals surface area contributed by atoms with Gasteiger partial charge in [0.25, 0.3) is 0 Å². The molecule has 91 valence electrons. The van der Waals surface area contributed by atoms with E-state index in [-0.39, 0.29) is 0 Å². The van der Waals surface area contributed by atoms with Crippen LogP contribution in [0.1, 0.15) is 45.4 Å². The quantitative estimate of drug-likeness (QED) is 0.775. The normalized spacial score (nSPS) is 44.8. The molecule has 3 fully saturated rings. The summed E-state index contributed by atoms with van der Waals surface area (Å²) in [7, 11) is 0. The van der Waals surface area contributed by atoms with Gasteiger partial charge >= 0.3 is 0 Å². The molecule has 2 aliphatic carbocycles. The second kappa shape index (κ2) is 4.66. The SMILES string of the molecule is C[C@@H]1COCC[C@@H]1N[C@@H]1C[C]2CCC[C@@H]2C1. The van der Waals surface area contributed by atoms with E-state index >= 15 is 0 Å². The van der Waals surface area contributed by atoms with Gasteiger partial charge in [-0.05, 0) is 49.9 Å². The first-order chi connectivity index (χ1) is 7.83. The van der Waals surface area contributed by atoms with Gasteiger partial charge in [-0.1, -0.05) is 13.3 Å². The molecule has 0 bridgehead atoms. The Bertz CT molecular complexity index is 231. The molecular formula is C14H24NO. The highest BCUT2D eigenvalue weighted by Gasteiger charge is 2.38. The largest absolute Gasteiger partial charge is 0.381 e. The van der Waals surface area contributed by atoms with Crippen molar-refractivity contribution in [1.82, 2.24) is 5.32 Å². The first-order valence-corrected chi connectivity index (χ1v) is 7.01. The Labute approximate surface area is 99.1 Å². The van der Waals surface area contributed by atoms with Crippen molar-refractivity contribution < 1.29 is 4.74 Å². The Morgan fingerprint density at radius 1 is 1.31 bits per heavy atom. The highest BCUT2D eigenvalue weighted by Crippen LogP contribution is 2.45. The molecule has 0 spiro atoms. The third kappa shape index (κ3) is 2.14. The summed E-state index contributed by atoms with van der Waals surface area (Å²) in [6.45, 7) is 4.22. The van der Waals surface area contributed by atoms with E-state index in [0.717, 1.165) is 25.2 Å². The summed E-state index contributed by atoms with van der Waals surface area (Å²) in [5, 5.41) is 3.90. The van der Waals surface area contributed by atoms with E-state index in [2.05, 4.69) is 12.2 Å².